The van der Waals surface area contributed by atoms with Crippen LogP contribution in [0.2, 0.25) is 0 Å². The maximum absolute atomic E-state index is 14.0. The average molecular weight is 394 g/mol. The zero-order valence-electron chi connectivity index (χ0n) is 16.6. The van der Waals surface area contributed by atoms with Gasteiger partial charge >= 0.3 is 5.97 Å². The lowest BCUT2D eigenvalue weighted by Crippen LogP contribution is -2.23. The summed E-state index contributed by atoms with van der Waals surface area (Å²) in [4.78, 5) is 26.6. The molecule has 3 aromatic rings. The van der Waals surface area contributed by atoms with E-state index in [1.165, 1.54) is 19.3 Å². The molecular formula is C23H23FN2O3. The number of methoxy groups -OCH3 is 1. The minimum absolute atomic E-state index is 0.220. The van der Waals surface area contributed by atoms with Crippen LogP contribution >= 0.6 is 0 Å². The maximum atomic E-state index is 14.0. The molecule has 5 nitrogen and oxygen atoms in total. The molecule has 6 heteroatoms. The minimum atomic E-state index is -0.402. The van der Waals surface area contributed by atoms with E-state index in [0.29, 0.717) is 24.0 Å². The number of H-pyrrole nitrogens is 1. The predicted molar refractivity (Wildman–Crippen MR) is 111 cm³/mol. The number of aromatic amines is 1. The molecule has 1 aromatic heterocycles. The smallest absolute Gasteiger partial charge is 0.337 e. The number of ether oxygens (including phenoxy) is 1. The van der Waals surface area contributed by atoms with Crippen molar-refractivity contribution in [2.45, 2.75) is 20.3 Å². The van der Waals surface area contributed by atoms with E-state index >= 15 is 0 Å². The molecule has 0 aliphatic carbocycles. The monoisotopic (exact) mass is 394 g/mol. The molecule has 0 aliphatic rings. The Morgan fingerprint density at radius 1 is 1.14 bits per heavy atom. The van der Waals surface area contributed by atoms with Gasteiger partial charge in [-0.25, -0.2) is 9.18 Å². The fourth-order valence-electron chi connectivity index (χ4n) is 3.35. The highest BCUT2D eigenvalue weighted by Crippen LogP contribution is 2.27. The van der Waals surface area contributed by atoms with Gasteiger partial charge in [-0.15, -0.1) is 0 Å². The lowest BCUT2D eigenvalue weighted by molar-refractivity contribution is -0.116. The van der Waals surface area contributed by atoms with Crippen molar-refractivity contribution in [3.63, 3.8) is 0 Å². The Morgan fingerprint density at radius 2 is 1.86 bits per heavy atom. The first-order valence-corrected chi connectivity index (χ1v) is 9.31. The molecule has 0 atom stereocenters. The number of rotatable bonds is 6. The van der Waals surface area contributed by atoms with E-state index in [-0.39, 0.29) is 11.7 Å². The number of fused-ring (bicyclic) bond motifs is 1. The number of esters is 1. The molecule has 0 radical (unpaired) electrons. The summed E-state index contributed by atoms with van der Waals surface area (Å²) < 4.78 is 18.7. The van der Waals surface area contributed by atoms with Gasteiger partial charge < -0.3 is 15.0 Å². The van der Waals surface area contributed by atoms with E-state index in [1.54, 1.807) is 36.4 Å². The zero-order valence-corrected chi connectivity index (χ0v) is 16.6. The number of hydrogen-bond donors (Lipinski definition) is 2. The summed E-state index contributed by atoms with van der Waals surface area (Å²) in [7, 11) is 1.33. The van der Waals surface area contributed by atoms with Crippen LogP contribution in [0.4, 0.5) is 4.39 Å². The van der Waals surface area contributed by atoms with E-state index < -0.39 is 5.97 Å². The van der Waals surface area contributed by atoms with Crippen LogP contribution in [0.25, 0.3) is 17.0 Å². The number of benzene rings is 2. The van der Waals surface area contributed by atoms with Gasteiger partial charge in [-0.3, -0.25) is 4.79 Å². The Bertz CT molecular complexity index is 1080. The van der Waals surface area contributed by atoms with Gasteiger partial charge in [0.05, 0.1) is 18.2 Å². The fourth-order valence-corrected chi connectivity index (χ4v) is 3.35. The van der Waals surface area contributed by atoms with Gasteiger partial charge in [-0.2, -0.15) is 0 Å². The van der Waals surface area contributed by atoms with E-state index in [0.717, 1.165) is 27.8 Å². The SMILES string of the molecule is COC(=O)c1ccc(/C=C/C(=O)NCCc2c(C)[nH]c3c(F)ccc(C)c23)cc1. The van der Waals surface area contributed by atoms with Gasteiger partial charge in [0.15, 0.2) is 0 Å². The van der Waals surface area contributed by atoms with E-state index in [4.69, 9.17) is 0 Å². The van der Waals surface area contributed by atoms with Gasteiger partial charge in [0.1, 0.15) is 5.82 Å². The van der Waals surface area contributed by atoms with Crippen LogP contribution in [-0.2, 0) is 16.0 Å². The number of carbonyl (C=O) groups excluding carboxylic acids is 2. The van der Waals surface area contributed by atoms with Crippen LogP contribution < -0.4 is 5.32 Å². The summed E-state index contributed by atoms with van der Waals surface area (Å²) in [6.07, 6.45) is 3.72. The highest BCUT2D eigenvalue weighted by molar-refractivity contribution is 5.93. The maximum Gasteiger partial charge on any atom is 0.337 e. The molecule has 0 saturated carbocycles. The third-order valence-corrected chi connectivity index (χ3v) is 4.86. The number of aryl methyl sites for hydroxylation is 2. The van der Waals surface area contributed by atoms with E-state index in [9.17, 15) is 14.0 Å². The normalized spacial score (nSPS) is 11.2. The molecule has 0 fully saturated rings. The molecule has 0 unspecified atom stereocenters. The lowest BCUT2D eigenvalue weighted by atomic mass is 10.0. The number of nitrogens with one attached hydrogen (secondary N) is 2. The Labute approximate surface area is 168 Å². The molecule has 1 amide bonds. The van der Waals surface area contributed by atoms with E-state index in [2.05, 4.69) is 15.0 Å². The van der Waals surface area contributed by atoms with Crippen molar-refractivity contribution in [1.82, 2.24) is 10.3 Å². The Hall–Kier alpha value is -3.41. The first-order valence-electron chi connectivity index (χ1n) is 9.31. The minimum Gasteiger partial charge on any atom is -0.465 e. The second-order valence-electron chi connectivity index (χ2n) is 6.83. The summed E-state index contributed by atoms with van der Waals surface area (Å²) in [6.45, 7) is 4.30. The van der Waals surface area contributed by atoms with Crippen molar-refractivity contribution in [1.29, 1.82) is 0 Å². The average Bonchev–Trinajstić information content (AvgIpc) is 3.06. The molecular weight excluding hydrogens is 371 g/mol. The molecule has 0 spiro atoms. The predicted octanol–water partition coefficient (Wildman–Crippen LogP) is 4.08. The Morgan fingerprint density at radius 3 is 2.55 bits per heavy atom. The summed E-state index contributed by atoms with van der Waals surface area (Å²) in [6, 6.07) is 9.99. The Balaban J connectivity index is 1.60. The molecule has 0 aliphatic heterocycles. The highest BCUT2D eigenvalue weighted by atomic mass is 19.1. The van der Waals surface area contributed by atoms with Gasteiger partial charge in [0, 0.05) is 23.7 Å². The highest BCUT2D eigenvalue weighted by Gasteiger charge is 2.13. The van der Waals surface area contributed by atoms with Crippen molar-refractivity contribution in [2.75, 3.05) is 13.7 Å². The van der Waals surface area contributed by atoms with Crippen LogP contribution in [0.5, 0.6) is 0 Å². The van der Waals surface area contributed by atoms with Gasteiger partial charge in [0.25, 0.3) is 0 Å². The number of hydrogen-bond acceptors (Lipinski definition) is 3. The molecule has 1 heterocycles. The van der Waals surface area contributed by atoms with Gasteiger partial charge in [-0.1, -0.05) is 18.2 Å². The molecule has 2 N–H and O–H groups in total. The van der Waals surface area contributed by atoms with Crippen molar-refractivity contribution in [3.8, 4) is 0 Å². The number of amides is 1. The van der Waals surface area contributed by atoms with Crippen molar-refractivity contribution >= 4 is 28.9 Å². The van der Waals surface area contributed by atoms with Crippen LogP contribution in [0.3, 0.4) is 0 Å². The van der Waals surface area contributed by atoms with Crippen LogP contribution in [0.15, 0.2) is 42.5 Å². The molecule has 29 heavy (non-hydrogen) atoms. The summed E-state index contributed by atoms with van der Waals surface area (Å²) in [5.41, 5.74) is 4.69. The van der Waals surface area contributed by atoms with Crippen LogP contribution in [0, 0.1) is 19.7 Å². The quantitative estimate of drug-likeness (QED) is 0.489. The lowest BCUT2D eigenvalue weighted by Gasteiger charge is -2.05. The summed E-state index contributed by atoms with van der Waals surface area (Å²) >= 11 is 0. The molecule has 0 saturated heterocycles. The second kappa shape index (κ2) is 8.73. The topological polar surface area (TPSA) is 71.2 Å². The number of aromatic nitrogens is 1. The first-order chi connectivity index (χ1) is 13.9. The van der Waals surface area contributed by atoms with Crippen LogP contribution in [0.1, 0.15) is 32.7 Å². The fraction of sp³-hybridized carbons (Fsp3) is 0.217. The summed E-state index contributed by atoms with van der Waals surface area (Å²) in [5, 5.41) is 3.74. The largest absolute Gasteiger partial charge is 0.465 e. The van der Waals surface area contributed by atoms with Crippen molar-refractivity contribution in [2.24, 2.45) is 0 Å². The molecule has 2 aromatic carbocycles. The van der Waals surface area contributed by atoms with Gasteiger partial charge in [-0.05, 0) is 61.2 Å². The molecule has 0 bridgehead atoms. The second-order valence-corrected chi connectivity index (χ2v) is 6.83. The summed E-state index contributed by atoms with van der Waals surface area (Å²) in [5.74, 6) is -0.895. The molecule has 150 valence electrons. The van der Waals surface area contributed by atoms with Crippen molar-refractivity contribution < 1.29 is 18.7 Å². The Kier molecular flexibility index (Phi) is 6.12. The number of carbonyl (C=O) groups is 2. The third-order valence-electron chi connectivity index (χ3n) is 4.86. The molecule has 3 rings (SSSR count). The standard InChI is InChI=1S/C23H23FN2O3/c1-14-4-10-19(24)22-21(14)18(15(2)26-22)12-13-25-20(27)11-7-16-5-8-17(9-6-16)23(28)29-3/h4-11,26H,12-13H2,1-3H3,(H,25,27)/b11-7+. The first kappa shape index (κ1) is 20.3. The third kappa shape index (κ3) is 4.54. The zero-order chi connectivity index (χ0) is 21.0. The van der Waals surface area contributed by atoms with Crippen LogP contribution in [-0.4, -0.2) is 30.5 Å². The van der Waals surface area contributed by atoms with E-state index in [1.807, 2.05) is 13.8 Å². The van der Waals surface area contributed by atoms with Crippen molar-refractivity contribution in [3.05, 3.63) is 76.2 Å². The van der Waals surface area contributed by atoms with Gasteiger partial charge in [0.2, 0.25) is 5.91 Å². The number of halogens is 1.